The molecule has 12 nitrogen and oxygen atoms in total. The summed E-state index contributed by atoms with van der Waals surface area (Å²) in [6.07, 6.45) is 5.25. The molecule has 0 aliphatic carbocycles. The third-order valence-electron chi connectivity index (χ3n) is 9.58. The molecule has 0 unspecified atom stereocenters. The van der Waals surface area contributed by atoms with E-state index in [4.69, 9.17) is 10.5 Å². The van der Waals surface area contributed by atoms with E-state index in [0.717, 1.165) is 78.2 Å². The van der Waals surface area contributed by atoms with Gasteiger partial charge in [0.05, 0.1) is 42.4 Å². The summed E-state index contributed by atoms with van der Waals surface area (Å²) in [6, 6.07) is 16.4. The molecular weight excluding hydrogens is 632 g/mol. The van der Waals surface area contributed by atoms with Crippen molar-refractivity contribution in [3.8, 4) is 33.6 Å². The molecule has 6 rings (SSSR count). The first-order chi connectivity index (χ1) is 24.1. The van der Waals surface area contributed by atoms with Gasteiger partial charge in [0, 0.05) is 13.1 Å². The predicted molar refractivity (Wildman–Crippen MR) is 191 cm³/mol. The molecule has 0 radical (unpaired) electrons. The Hall–Kier alpha value is -4.97. The fourth-order valence-corrected chi connectivity index (χ4v) is 6.98. The molecule has 3 atom stereocenters. The average molecular weight is 681 g/mol. The molecule has 50 heavy (non-hydrogen) atoms. The number of hydrogen-bond donors (Lipinski definition) is 4. The zero-order valence-electron chi connectivity index (χ0n) is 29.3. The Kier molecular flexibility index (Phi) is 10.7. The van der Waals surface area contributed by atoms with Crippen LogP contribution in [0.5, 0.6) is 0 Å². The molecule has 2 aliphatic heterocycles. The van der Waals surface area contributed by atoms with Gasteiger partial charge in [-0.1, -0.05) is 76.2 Å². The number of rotatable bonds is 12. The number of nitrogens with two attached hydrogens (primary N) is 1. The van der Waals surface area contributed by atoms with Crippen molar-refractivity contribution in [2.24, 2.45) is 17.6 Å². The van der Waals surface area contributed by atoms with Gasteiger partial charge in [0.25, 0.3) is 5.91 Å². The van der Waals surface area contributed by atoms with Crippen molar-refractivity contribution in [1.29, 1.82) is 0 Å². The second-order valence-corrected chi connectivity index (χ2v) is 14.1. The van der Waals surface area contributed by atoms with Crippen molar-refractivity contribution >= 4 is 17.9 Å². The van der Waals surface area contributed by atoms with E-state index in [1.807, 2.05) is 24.9 Å². The number of ether oxygens (including phenoxy) is 1. The van der Waals surface area contributed by atoms with E-state index >= 15 is 0 Å². The number of nitrogens with one attached hydrogen (secondary N) is 3. The van der Waals surface area contributed by atoms with E-state index in [0.29, 0.717) is 24.8 Å². The van der Waals surface area contributed by atoms with Crippen LogP contribution in [0, 0.1) is 11.8 Å². The highest BCUT2D eigenvalue weighted by Gasteiger charge is 2.38. The van der Waals surface area contributed by atoms with Crippen molar-refractivity contribution < 1.29 is 19.1 Å². The Morgan fingerprint density at radius 2 is 1.28 bits per heavy atom. The highest BCUT2D eigenvalue weighted by atomic mass is 16.6. The van der Waals surface area contributed by atoms with E-state index in [-0.39, 0.29) is 29.8 Å². The summed E-state index contributed by atoms with van der Waals surface area (Å²) in [5, 5.41) is 3.27. The van der Waals surface area contributed by atoms with Crippen LogP contribution >= 0.6 is 0 Å². The van der Waals surface area contributed by atoms with Gasteiger partial charge >= 0.3 is 6.09 Å². The van der Waals surface area contributed by atoms with Gasteiger partial charge in [-0.3, -0.25) is 9.59 Å². The van der Waals surface area contributed by atoms with Gasteiger partial charge in [-0.05, 0) is 66.3 Å². The number of imidazole rings is 2. The maximum atomic E-state index is 13.3. The Bertz CT molecular complexity index is 1780. The molecule has 12 heteroatoms. The number of nitrogens with zero attached hydrogens (tertiary/aromatic N) is 4. The van der Waals surface area contributed by atoms with Gasteiger partial charge in [0.15, 0.2) is 6.10 Å². The van der Waals surface area contributed by atoms with Gasteiger partial charge in [-0.25, -0.2) is 14.8 Å². The highest BCUT2D eigenvalue weighted by Crippen LogP contribution is 2.35. The Morgan fingerprint density at radius 1 is 0.800 bits per heavy atom. The summed E-state index contributed by atoms with van der Waals surface area (Å²) in [4.78, 5) is 57.6. The molecule has 5 N–H and O–H groups in total. The number of benzene rings is 2. The third kappa shape index (κ3) is 7.75. The Balaban J connectivity index is 1.09. The number of carbonyl (C=O) groups is 3. The molecule has 3 amide bonds. The fraction of sp³-hybridized carbons (Fsp3) is 0.447. The third-order valence-corrected chi connectivity index (χ3v) is 9.58. The first-order valence-corrected chi connectivity index (χ1v) is 17.7. The zero-order valence-corrected chi connectivity index (χ0v) is 29.3. The second-order valence-electron chi connectivity index (χ2n) is 14.1. The van der Waals surface area contributed by atoms with E-state index in [2.05, 4.69) is 87.6 Å². The monoisotopic (exact) mass is 680 g/mol. The molecule has 2 aliphatic rings. The van der Waals surface area contributed by atoms with Crippen molar-refractivity contribution in [2.45, 2.75) is 71.6 Å². The minimum Gasteiger partial charge on any atom is -0.436 e. The minimum absolute atomic E-state index is 0.0273. The standard InChI is InChI=1S/C38H48N8O4/c1-23(2)19-40-22-33(47)45-17-5-7-31(45)35-41-20-29(43-35)27-13-9-25(10-14-27)26-11-15-28(16-12-26)30-21-42-36(44-30)32-8-6-18-46(32)37(48)34(24(3)4)50-38(39)49/h9-16,20-21,23-24,31-32,34,40H,5-8,17-19,22H2,1-4H3,(H2,39,49)(H,41,43)(H,42,44)/t31-,32-,34-/m0/s1. The van der Waals surface area contributed by atoms with Gasteiger partial charge in [-0.2, -0.15) is 0 Å². The summed E-state index contributed by atoms with van der Waals surface area (Å²) in [7, 11) is 0. The quantitative estimate of drug-likeness (QED) is 0.146. The van der Waals surface area contributed by atoms with E-state index in [1.165, 1.54) is 0 Å². The van der Waals surface area contributed by atoms with Gasteiger partial charge in [0.1, 0.15) is 11.6 Å². The van der Waals surface area contributed by atoms with Crippen molar-refractivity contribution in [3.63, 3.8) is 0 Å². The van der Waals surface area contributed by atoms with Crippen LogP contribution in [0.25, 0.3) is 33.6 Å². The predicted octanol–water partition coefficient (Wildman–Crippen LogP) is 5.83. The number of hydrogen-bond acceptors (Lipinski definition) is 7. The van der Waals surface area contributed by atoms with E-state index in [1.54, 1.807) is 11.1 Å². The van der Waals surface area contributed by atoms with Crippen LogP contribution in [0.1, 0.15) is 77.1 Å². The molecule has 2 aromatic heterocycles. The van der Waals surface area contributed by atoms with Gasteiger partial charge in [-0.15, -0.1) is 0 Å². The second kappa shape index (κ2) is 15.3. The molecule has 2 aromatic carbocycles. The van der Waals surface area contributed by atoms with E-state index in [9.17, 15) is 14.4 Å². The van der Waals surface area contributed by atoms with Crippen LogP contribution < -0.4 is 11.1 Å². The number of carbonyl (C=O) groups excluding carboxylic acids is 3. The van der Waals surface area contributed by atoms with Crippen molar-refractivity contribution in [2.75, 3.05) is 26.2 Å². The fourth-order valence-electron chi connectivity index (χ4n) is 6.98. The van der Waals surface area contributed by atoms with Crippen LogP contribution in [0.3, 0.4) is 0 Å². The lowest BCUT2D eigenvalue weighted by Crippen LogP contribution is -2.44. The van der Waals surface area contributed by atoms with Crippen LogP contribution in [-0.2, 0) is 14.3 Å². The molecule has 4 aromatic rings. The SMILES string of the molecule is CC(C)CNCC(=O)N1CCC[C@H]1c1ncc(-c2ccc(-c3ccc(-c4cnc([C@@H]5CCCN5C(=O)[C@@H](OC(N)=O)C(C)C)[nH]4)cc3)cc2)[nH]1. The first-order valence-electron chi connectivity index (χ1n) is 17.7. The lowest BCUT2D eigenvalue weighted by molar-refractivity contribution is -0.143. The lowest BCUT2D eigenvalue weighted by atomic mass is 10.0. The van der Waals surface area contributed by atoms with Crippen molar-refractivity contribution in [1.82, 2.24) is 35.1 Å². The molecular formula is C38H48N8O4. The molecule has 0 spiro atoms. The Labute approximate surface area is 293 Å². The smallest absolute Gasteiger partial charge is 0.405 e. The molecule has 2 saturated heterocycles. The number of aromatic amines is 2. The average Bonchev–Trinajstić information content (AvgIpc) is 3.93. The molecule has 0 bridgehead atoms. The molecule has 4 heterocycles. The molecule has 0 saturated carbocycles. The lowest BCUT2D eigenvalue weighted by Gasteiger charge is -2.29. The van der Waals surface area contributed by atoms with Gasteiger partial charge in [0.2, 0.25) is 5.91 Å². The normalized spacial score (nSPS) is 18.3. The topological polar surface area (TPSA) is 162 Å². The van der Waals surface area contributed by atoms with Gasteiger partial charge < -0.3 is 35.6 Å². The minimum atomic E-state index is -0.953. The number of amides is 3. The zero-order chi connectivity index (χ0) is 35.4. The van der Waals surface area contributed by atoms with Crippen molar-refractivity contribution in [3.05, 3.63) is 72.6 Å². The number of primary amides is 1. The molecule has 264 valence electrons. The van der Waals surface area contributed by atoms with Crippen LogP contribution in [0.4, 0.5) is 4.79 Å². The maximum absolute atomic E-state index is 13.3. The summed E-state index contributed by atoms with van der Waals surface area (Å²) in [6.45, 7) is 10.4. The van der Waals surface area contributed by atoms with E-state index < -0.39 is 12.2 Å². The summed E-state index contributed by atoms with van der Waals surface area (Å²) >= 11 is 0. The Morgan fingerprint density at radius 3 is 1.76 bits per heavy atom. The number of likely N-dealkylation sites (tertiary alicyclic amines) is 2. The maximum Gasteiger partial charge on any atom is 0.405 e. The number of H-pyrrole nitrogens is 2. The highest BCUT2D eigenvalue weighted by molar-refractivity contribution is 5.84. The van der Waals surface area contributed by atoms with Crippen LogP contribution in [0.15, 0.2) is 60.9 Å². The summed E-state index contributed by atoms with van der Waals surface area (Å²) in [5.74, 6) is 1.71. The largest absolute Gasteiger partial charge is 0.436 e. The number of aromatic nitrogens is 4. The molecule has 2 fully saturated rings. The van der Waals surface area contributed by atoms with Crippen LogP contribution in [-0.4, -0.2) is 79.9 Å². The first kappa shape index (κ1) is 34.9. The summed E-state index contributed by atoms with van der Waals surface area (Å²) in [5.41, 5.74) is 11.2. The van der Waals surface area contributed by atoms with Crippen LogP contribution in [0.2, 0.25) is 0 Å². The summed E-state index contributed by atoms with van der Waals surface area (Å²) < 4.78 is 5.17.